The van der Waals surface area contributed by atoms with Crippen LogP contribution in [0.25, 0.3) is 0 Å². The smallest absolute Gasteiger partial charge is 0.123 e. The molecule has 0 aliphatic carbocycles. The highest BCUT2D eigenvalue weighted by molar-refractivity contribution is 5.45. The summed E-state index contributed by atoms with van der Waals surface area (Å²) in [6.45, 7) is 10.9. The van der Waals surface area contributed by atoms with E-state index in [0.717, 1.165) is 37.8 Å². The lowest BCUT2D eigenvalue weighted by atomic mass is 10.1. The number of benzene rings is 1. The van der Waals surface area contributed by atoms with Crippen molar-refractivity contribution in [2.45, 2.75) is 46.5 Å². The second-order valence-electron chi connectivity index (χ2n) is 6.07. The highest BCUT2D eigenvalue weighted by atomic mass is 19.1. The minimum Gasteiger partial charge on any atom is -0.372 e. The van der Waals surface area contributed by atoms with Gasteiger partial charge < -0.3 is 10.2 Å². The number of nitrogens with zero attached hydrogens (tertiary/aromatic N) is 1. The monoisotopic (exact) mass is 294 g/mol. The Labute approximate surface area is 129 Å². The van der Waals surface area contributed by atoms with E-state index in [9.17, 15) is 4.39 Å². The van der Waals surface area contributed by atoms with E-state index in [1.165, 1.54) is 25.7 Å². The number of rotatable bonds is 11. The van der Waals surface area contributed by atoms with E-state index in [4.69, 9.17) is 0 Å². The fourth-order valence-corrected chi connectivity index (χ4v) is 2.42. The third-order valence-electron chi connectivity index (χ3n) is 3.66. The Hall–Kier alpha value is -1.09. The van der Waals surface area contributed by atoms with E-state index in [1.807, 2.05) is 12.1 Å². The molecule has 21 heavy (non-hydrogen) atoms. The molecule has 3 heteroatoms. The molecule has 1 N–H and O–H groups in total. The topological polar surface area (TPSA) is 15.3 Å². The van der Waals surface area contributed by atoms with Crippen LogP contribution in [-0.2, 0) is 0 Å². The van der Waals surface area contributed by atoms with Gasteiger partial charge in [-0.05, 0) is 63.0 Å². The number of halogens is 1. The van der Waals surface area contributed by atoms with Crippen molar-refractivity contribution in [2.75, 3.05) is 31.1 Å². The highest BCUT2D eigenvalue weighted by Crippen LogP contribution is 2.15. The maximum Gasteiger partial charge on any atom is 0.123 e. The van der Waals surface area contributed by atoms with Crippen LogP contribution in [0, 0.1) is 11.7 Å². The van der Waals surface area contributed by atoms with E-state index in [0.29, 0.717) is 0 Å². The molecular formula is C18H31FN2. The van der Waals surface area contributed by atoms with Crippen molar-refractivity contribution in [1.82, 2.24) is 5.32 Å². The number of hydrogen-bond acceptors (Lipinski definition) is 2. The summed E-state index contributed by atoms with van der Waals surface area (Å²) in [7, 11) is 0. The Kier molecular flexibility index (Phi) is 9.07. The van der Waals surface area contributed by atoms with Gasteiger partial charge in [-0.25, -0.2) is 4.39 Å². The molecule has 1 aromatic carbocycles. The molecule has 0 fully saturated rings. The molecule has 0 aromatic heterocycles. The summed E-state index contributed by atoms with van der Waals surface area (Å²) < 4.78 is 12.9. The average Bonchev–Trinajstić information content (AvgIpc) is 2.47. The molecule has 0 bridgehead atoms. The molecule has 1 rings (SSSR count). The Morgan fingerprint density at radius 2 is 1.71 bits per heavy atom. The van der Waals surface area contributed by atoms with Crippen molar-refractivity contribution < 1.29 is 4.39 Å². The van der Waals surface area contributed by atoms with Gasteiger partial charge in [0.05, 0.1) is 0 Å². The van der Waals surface area contributed by atoms with Gasteiger partial charge in [-0.1, -0.05) is 26.7 Å². The number of anilines is 1. The SMILES string of the molecule is CCN(CCCCCCNCC(C)C)c1ccc(F)cc1. The maximum atomic E-state index is 12.9. The lowest BCUT2D eigenvalue weighted by molar-refractivity contribution is 0.525. The van der Waals surface area contributed by atoms with E-state index < -0.39 is 0 Å². The van der Waals surface area contributed by atoms with Crippen molar-refractivity contribution in [2.24, 2.45) is 5.92 Å². The van der Waals surface area contributed by atoms with E-state index in [1.54, 1.807) is 12.1 Å². The minimum atomic E-state index is -0.163. The molecule has 0 saturated carbocycles. The third-order valence-corrected chi connectivity index (χ3v) is 3.66. The number of hydrogen-bond donors (Lipinski definition) is 1. The lowest BCUT2D eigenvalue weighted by Crippen LogP contribution is -2.24. The fraction of sp³-hybridized carbons (Fsp3) is 0.667. The molecule has 0 spiro atoms. The van der Waals surface area contributed by atoms with Crippen molar-refractivity contribution in [3.05, 3.63) is 30.1 Å². The molecule has 1 aromatic rings. The van der Waals surface area contributed by atoms with Gasteiger partial charge in [0, 0.05) is 18.8 Å². The van der Waals surface area contributed by atoms with Crippen molar-refractivity contribution in [3.63, 3.8) is 0 Å². The molecule has 0 aliphatic heterocycles. The third kappa shape index (κ3) is 8.05. The Morgan fingerprint density at radius 3 is 2.33 bits per heavy atom. The first-order valence-corrected chi connectivity index (χ1v) is 8.34. The maximum absolute atomic E-state index is 12.9. The molecule has 0 heterocycles. The van der Waals surface area contributed by atoms with E-state index in [2.05, 4.69) is 31.0 Å². The van der Waals surface area contributed by atoms with Gasteiger partial charge in [-0.3, -0.25) is 0 Å². The zero-order valence-corrected chi connectivity index (χ0v) is 13.9. The van der Waals surface area contributed by atoms with Gasteiger partial charge in [0.25, 0.3) is 0 Å². The quantitative estimate of drug-likeness (QED) is 0.606. The average molecular weight is 294 g/mol. The summed E-state index contributed by atoms with van der Waals surface area (Å²) in [5.41, 5.74) is 1.12. The van der Waals surface area contributed by atoms with Gasteiger partial charge in [-0.2, -0.15) is 0 Å². The molecule has 0 radical (unpaired) electrons. The summed E-state index contributed by atoms with van der Waals surface area (Å²) >= 11 is 0. The van der Waals surface area contributed by atoms with E-state index in [-0.39, 0.29) is 5.82 Å². The van der Waals surface area contributed by atoms with Crippen LogP contribution in [-0.4, -0.2) is 26.2 Å². The van der Waals surface area contributed by atoms with Gasteiger partial charge in [0.15, 0.2) is 0 Å². The lowest BCUT2D eigenvalue weighted by Gasteiger charge is -2.23. The molecule has 120 valence electrons. The van der Waals surface area contributed by atoms with Crippen LogP contribution in [0.1, 0.15) is 46.5 Å². The molecule has 0 atom stereocenters. The number of nitrogens with one attached hydrogen (secondary N) is 1. The largest absolute Gasteiger partial charge is 0.372 e. The zero-order valence-electron chi connectivity index (χ0n) is 13.9. The van der Waals surface area contributed by atoms with Crippen LogP contribution in [0.5, 0.6) is 0 Å². The van der Waals surface area contributed by atoms with Gasteiger partial charge in [-0.15, -0.1) is 0 Å². The Bertz CT molecular complexity index is 362. The first kappa shape index (κ1) is 18.0. The molecule has 0 unspecified atom stereocenters. The van der Waals surface area contributed by atoms with Gasteiger partial charge >= 0.3 is 0 Å². The normalized spacial score (nSPS) is 11.1. The second-order valence-corrected chi connectivity index (χ2v) is 6.07. The van der Waals surface area contributed by atoms with Crippen LogP contribution in [0.2, 0.25) is 0 Å². The van der Waals surface area contributed by atoms with Crippen LogP contribution in [0.15, 0.2) is 24.3 Å². The van der Waals surface area contributed by atoms with E-state index >= 15 is 0 Å². The first-order valence-electron chi connectivity index (χ1n) is 8.34. The van der Waals surface area contributed by atoms with Crippen molar-refractivity contribution >= 4 is 5.69 Å². The molecule has 2 nitrogen and oxygen atoms in total. The Morgan fingerprint density at radius 1 is 1.05 bits per heavy atom. The van der Waals surface area contributed by atoms with Crippen LogP contribution < -0.4 is 10.2 Å². The van der Waals surface area contributed by atoms with Crippen LogP contribution in [0.3, 0.4) is 0 Å². The van der Waals surface area contributed by atoms with Crippen LogP contribution >= 0.6 is 0 Å². The van der Waals surface area contributed by atoms with Crippen molar-refractivity contribution in [1.29, 1.82) is 0 Å². The van der Waals surface area contributed by atoms with Crippen molar-refractivity contribution in [3.8, 4) is 0 Å². The van der Waals surface area contributed by atoms with Gasteiger partial charge in [0.2, 0.25) is 0 Å². The minimum absolute atomic E-state index is 0.163. The summed E-state index contributed by atoms with van der Waals surface area (Å²) in [6, 6.07) is 6.82. The predicted octanol–water partition coefficient (Wildman–Crippen LogP) is 4.46. The highest BCUT2D eigenvalue weighted by Gasteiger charge is 2.03. The first-order chi connectivity index (χ1) is 10.1. The zero-order chi connectivity index (χ0) is 15.5. The summed E-state index contributed by atoms with van der Waals surface area (Å²) in [4.78, 5) is 2.32. The van der Waals surface area contributed by atoms with Gasteiger partial charge in [0.1, 0.15) is 5.82 Å². The second kappa shape index (κ2) is 10.6. The molecule has 0 amide bonds. The molecular weight excluding hydrogens is 263 g/mol. The Balaban J connectivity index is 2.11. The van der Waals surface area contributed by atoms with Crippen LogP contribution in [0.4, 0.5) is 10.1 Å². The fourth-order valence-electron chi connectivity index (χ4n) is 2.42. The standard InChI is InChI=1S/C18H31FN2/c1-4-21(18-11-9-17(19)10-12-18)14-8-6-5-7-13-20-15-16(2)3/h9-12,16,20H,4-8,13-15H2,1-3H3. The summed E-state index contributed by atoms with van der Waals surface area (Å²) in [6.07, 6.45) is 5.01. The molecule has 0 aliphatic rings. The molecule has 0 saturated heterocycles. The summed E-state index contributed by atoms with van der Waals surface area (Å²) in [5.74, 6) is 0.572. The number of unbranched alkanes of at least 4 members (excludes halogenated alkanes) is 3. The predicted molar refractivity (Wildman–Crippen MR) is 90.5 cm³/mol. The summed E-state index contributed by atoms with van der Waals surface area (Å²) in [5, 5.41) is 3.48.